The number of rotatable bonds is 12. The Morgan fingerprint density at radius 3 is 1.24 bits per heavy atom. The maximum Gasteiger partial charge on any atom is 0.254 e. The summed E-state index contributed by atoms with van der Waals surface area (Å²) in [6.45, 7) is 20.0. The lowest BCUT2D eigenvalue weighted by atomic mass is 9.94. The van der Waals surface area contributed by atoms with Gasteiger partial charge in [0.2, 0.25) is 0 Å². The van der Waals surface area contributed by atoms with Crippen LogP contribution >= 0.6 is 0 Å². The normalized spacial score (nSPS) is 11.2. The number of carbonyl (C=O) groups is 2. The van der Waals surface area contributed by atoms with Crippen molar-refractivity contribution in [3.8, 4) is 0 Å². The van der Waals surface area contributed by atoms with Gasteiger partial charge in [-0.25, -0.2) is 0 Å². The average molecular weight is 587 g/mol. The summed E-state index contributed by atoms with van der Waals surface area (Å²) in [5.74, 6) is -0.259. The van der Waals surface area contributed by atoms with Crippen LogP contribution in [0.25, 0.3) is 0 Å². The van der Waals surface area contributed by atoms with E-state index in [1.807, 2.05) is 106 Å². The molecule has 2 aromatic rings. The maximum atomic E-state index is 13.3. The SMILES string of the molecule is CC.CC.CC(C)(C)N(CCO)C(=O)c1ccccc1CCC(O)CCc1ccccc1C(=O)N(CCO)C(C)(C)C. The summed E-state index contributed by atoms with van der Waals surface area (Å²) in [6, 6.07) is 14.9. The lowest BCUT2D eigenvalue weighted by Gasteiger charge is -2.36. The molecule has 0 aliphatic carbocycles. The second-order valence-electron chi connectivity index (χ2n) is 11.7. The van der Waals surface area contributed by atoms with Crippen LogP contribution in [0.4, 0.5) is 0 Å². The van der Waals surface area contributed by atoms with Crippen molar-refractivity contribution < 1.29 is 24.9 Å². The van der Waals surface area contributed by atoms with Crippen molar-refractivity contribution in [3.05, 3.63) is 70.8 Å². The van der Waals surface area contributed by atoms with E-state index < -0.39 is 17.2 Å². The van der Waals surface area contributed by atoms with Crippen molar-refractivity contribution in [1.82, 2.24) is 9.80 Å². The Morgan fingerprint density at radius 1 is 0.643 bits per heavy atom. The Bertz CT molecular complexity index is 972. The largest absolute Gasteiger partial charge is 0.395 e. The molecule has 0 fully saturated rings. The van der Waals surface area contributed by atoms with Gasteiger partial charge in [-0.15, -0.1) is 0 Å². The molecule has 0 radical (unpaired) electrons. The molecule has 0 aromatic heterocycles. The first-order valence-corrected chi connectivity index (χ1v) is 15.5. The lowest BCUT2D eigenvalue weighted by molar-refractivity contribution is 0.0518. The molecule has 2 rings (SSSR count). The molecule has 0 atom stereocenters. The van der Waals surface area contributed by atoms with Crippen molar-refractivity contribution in [3.63, 3.8) is 0 Å². The molecule has 0 saturated heterocycles. The fraction of sp³-hybridized carbons (Fsp3) is 0.600. The number of carbonyl (C=O) groups excluding carboxylic acids is 2. The van der Waals surface area contributed by atoms with E-state index in [2.05, 4.69) is 0 Å². The summed E-state index contributed by atoms with van der Waals surface area (Å²) in [4.78, 5) is 30.0. The smallest absolute Gasteiger partial charge is 0.254 e. The van der Waals surface area contributed by atoms with Gasteiger partial charge in [0.15, 0.2) is 0 Å². The molecule has 2 aromatic carbocycles. The van der Waals surface area contributed by atoms with Gasteiger partial charge in [0, 0.05) is 35.3 Å². The number of aliphatic hydroxyl groups is 3. The van der Waals surface area contributed by atoms with E-state index in [0.717, 1.165) is 11.1 Å². The van der Waals surface area contributed by atoms with E-state index in [1.165, 1.54) is 0 Å². The fourth-order valence-corrected chi connectivity index (χ4v) is 4.66. The van der Waals surface area contributed by atoms with Crippen molar-refractivity contribution in [2.45, 2.75) is 112 Å². The third kappa shape index (κ3) is 12.2. The van der Waals surface area contributed by atoms with Crippen molar-refractivity contribution in [1.29, 1.82) is 0 Å². The Hall–Kier alpha value is -2.74. The Kier molecular flexibility index (Phi) is 18.2. The molecule has 0 unspecified atom stereocenters. The van der Waals surface area contributed by atoms with Crippen LogP contribution in [0.1, 0.15) is 114 Å². The van der Waals surface area contributed by atoms with Gasteiger partial charge in [-0.2, -0.15) is 0 Å². The molecule has 7 nitrogen and oxygen atoms in total. The van der Waals surface area contributed by atoms with Gasteiger partial charge in [0.1, 0.15) is 0 Å². The molecule has 3 N–H and O–H groups in total. The first-order chi connectivity index (χ1) is 19.8. The minimum absolute atomic E-state index is 0.110. The van der Waals surface area contributed by atoms with Crippen LogP contribution in [0, 0.1) is 0 Å². The third-order valence-corrected chi connectivity index (χ3v) is 6.75. The van der Waals surface area contributed by atoms with Crippen LogP contribution in [0.3, 0.4) is 0 Å². The molecule has 42 heavy (non-hydrogen) atoms. The topological polar surface area (TPSA) is 101 Å². The molecule has 0 saturated carbocycles. The van der Waals surface area contributed by atoms with Crippen LogP contribution in [0.15, 0.2) is 48.5 Å². The number of hydrogen-bond acceptors (Lipinski definition) is 5. The number of nitrogens with zero attached hydrogens (tertiary/aromatic N) is 2. The quantitative estimate of drug-likeness (QED) is 0.278. The highest BCUT2D eigenvalue weighted by Crippen LogP contribution is 2.23. The monoisotopic (exact) mass is 586 g/mol. The molecule has 0 aliphatic rings. The average Bonchev–Trinajstić information content (AvgIpc) is 2.97. The second kappa shape index (κ2) is 19.4. The predicted molar refractivity (Wildman–Crippen MR) is 174 cm³/mol. The highest BCUT2D eigenvalue weighted by atomic mass is 16.3. The number of β-amino-alcohol motifs (C(OH)–C–C–N with tert-alkyl or cyclic N) is 2. The van der Waals surface area contributed by atoms with E-state index in [4.69, 9.17) is 0 Å². The Balaban J connectivity index is 0.00000402. The van der Waals surface area contributed by atoms with E-state index >= 15 is 0 Å². The first-order valence-electron chi connectivity index (χ1n) is 15.5. The number of aliphatic hydroxyl groups excluding tert-OH is 3. The molecule has 0 heterocycles. The van der Waals surface area contributed by atoms with Crippen molar-refractivity contribution in [2.24, 2.45) is 0 Å². The minimum atomic E-state index is -0.603. The van der Waals surface area contributed by atoms with E-state index in [1.54, 1.807) is 21.9 Å². The maximum absolute atomic E-state index is 13.3. The standard InChI is InChI=1S/C31H46N2O5.2C2H6/c1-30(2,3)32(19-21-34)28(37)26-13-9-7-11-23(26)15-17-25(36)18-16-24-12-8-10-14-27(24)29(38)33(20-22-35)31(4,5)6;2*1-2/h7-14,25,34-36H,15-22H2,1-6H3;2*1-2H3. The molecular formula is C35H58N2O5. The van der Waals surface area contributed by atoms with Crippen LogP contribution < -0.4 is 0 Å². The van der Waals surface area contributed by atoms with Gasteiger partial charge in [-0.05, 0) is 90.5 Å². The molecule has 0 bridgehead atoms. The fourth-order valence-electron chi connectivity index (χ4n) is 4.66. The molecule has 238 valence electrons. The van der Waals surface area contributed by atoms with Crippen LogP contribution in [-0.4, -0.2) is 80.4 Å². The van der Waals surface area contributed by atoms with E-state index in [-0.39, 0.29) is 38.1 Å². The molecule has 0 spiro atoms. The number of benzene rings is 2. The van der Waals surface area contributed by atoms with Crippen LogP contribution in [-0.2, 0) is 12.8 Å². The number of hydrogen-bond donors (Lipinski definition) is 3. The van der Waals surface area contributed by atoms with Gasteiger partial charge in [-0.1, -0.05) is 64.1 Å². The predicted octanol–water partition coefficient (Wildman–Crippen LogP) is 6.13. The number of aryl methyl sites for hydroxylation is 2. The van der Waals surface area contributed by atoms with Crippen LogP contribution in [0.5, 0.6) is 0 Å². The van der Waals surface area contributed by atoms with Crippen LogP contribution in [0.2, 0.25) is 0 Å². The zero-order chi connectivity index (χ0) is 32.5. The second-order valence-corrected chi connectivity index (χ2v) is 11.7. The summed E-state index contributed by atoms with van der Waals surface area (Å²) in [6.07, 6.45) is 1.43. The van der Waals surface area contributed by atoms with Gasteiger partial charge >= 0.3 is 0 Å². The van der Waals surface area contributed by atoms with E-state index in [9.17, 15) is 24.9 Å². The molecule has 0 aliphatic heterocycles. The lowest BCUT2D eigenvalue weighted by Crippen LogP contribution is -2.47. The van der Waals surface area contributed by atoms with Crippen molar-refractivity contribution >= 4 is 11.8 Å². The van der Waals surface area contributed by atoms with Gasteiger partial charge in [-0.3, -0.25) is 9.59 Å². The highest BCUT2D eigenvalue weighted by Gasteiger charge is 2.29. The number of amides is 2. The summed E-state index contributed by atoms with van der Waals surface area (Å²) >= 11 is 0. The Labute approximate surface area is 255 Å². The van der Waals surface area contributed by atoms with E-state index in [0.29, 0.717) is 36.8 Å². The zero-order valence-corrected chi connectivity index (χ0v) is 27.9. The van der Waals surface area contributed by atoms with Crippen molar-refractivity contribution in [2.75, 3.05) is 26.3 Å². The summed E-state index contributed by atoms with van der Waals surface area (Å²) in [5.41, 5.74) is 2.04. The molecular weight excluding hydrogens is 528 g/mol. The summed E-state index contributed by atoms with van der Waals surface area (Å²) in [5, 5.41) is 29.8. The minimum Gasteiger partial charge on any atom is -0.395 e. The highest BCUT2D eigenvalue weighted by molar-refractivity contribution is 5.96. The first kappa shape index (κ1) is 39.3. The van der Waals surface area contributed by atoms with Gasteiger partial charge in [0.05, 0.1) is 19.3 Å². The molecule has 7 heteroatoms. The van der Waals surface area contributed by atoms with Gasteiger partial charge < -0.3 is 25.1 Å². The Morgan fingerprint density at radius 2 is 0.952 bits per heavy atom. The summed E-state index contributed by atoms with van der Waals surface area (Å²) in [7, 11) is 0. The van der Waals surface area contributed by atoms with Gasteiger partial charge in [0.25, 0.3) is 11.8 Å². The zero-order valence-electron chi connectivity index (χ0n) is 27.9. The molecule has 2 amide bonds. The third-order valence-electron chi connectivity index (χ3n) is 6.75. The summed E-state index contributed by atoms with van der Waals surface area (Å²) < 4.78 is 0.